The average Bonchev–Trinajstić information content (AvgIpc) is 3.57. The van der Waals surface area contributed by atoms with Gasteiger partial charge in [-0.1, -0.05) is 36.8 Å². The Hall–Kier alpha value is -3.76. The SMILES string of the molecule is CCCCOc1ccc(C2C(C(=O)c3sc(C)nc3C)=C(O)C(=O)N2c2nc3c(C)cc(C)cc3s2)cc1OC. The van der Waals surface area contributed by atoms with Crippen molar-refractivity contribution < 1.29 is 24.2 Å². The number of methoxy groups -OCH3 is 1. The number of Topliss-reactive ketones (excluding diaryl/α,β-unsaturated/α-hetero) is 1. The molecule has 1 unspecified atom stereocenters. The molecule has 0 radical (unpaired) electrons. The van der Waals surface area contributed by atoms with Crippen molar-refractivity contribution in [1.29, 1.82) is 0 Å². The molecule has 10 heteroatoms. The predicted octanol–water partition coefficient (Wildman–Crippen LogP) is 6.96. The van der Waals surface area contributed by atoms with Gasteiger partial charge in [0.15, 0.2) is 22.4 Å². The number of ketones is 1. The minimum absolute atomic E-state index is 0.00869. The van der Waals surface area contributed by atoms with Crippen LogP contribution >= 0.6 is 22.7 Å². The van der Waals surface area contributed by atoms with Gasteiger partial charge in [-0.15, -0.1) is 11.3 Å². The number of nitrogens with zero attached hydrogens (tertiary/aromatic N) is 3. The molecule has 0 saturated heterocycles. The molecule has 0 fully saturated rings. The molecule has 2 aromatic heterocycles. The number of thiazole rings is 2. The third kappa shape index (κ3) is 4.86. The number of fused-ring (bicyclic) bond motifs is 1. The molecule has 1 aliphatic rings. The Labute approximate surface area is 240 Å². The first-order valence-electron chi connectivity index (χ1n) is 13.1. The van der Waals surface area contributed by atoms with Crippen LogP contribution in [0.5, 0.6) is 11.5 Å². The number of aryl methyl sites for hydroxylation is 4. The number of rotatable bonds is 9. The number of aliphatic hydroxyl groups is 1. The minimum atomic E-state index is -0.928. The molecule has 1 N–H and O–H groups in total. The van der Waals surface area contributed by atoms with Crippen LogP contribution in [0.3, 0.4) is 0 Å². The highest BCUT2D eigenvalue weighted by Gasteiger charge is 2.46. The first-order valence-corrected chi connectivity index (χ1v) is 14.7. The van der Waals surface area contributed by atoms with Gasteiger partial charge >= 0.3 is 0 Å². The van der Waals surface area contributed by atoms with Crippen molar-refractivity contribution in [2.75, 3.05) is 18.6 Å². The second kappa shape index (κ2) is 11.0. The molecule has 0 bridgehead atoms. The van der Waals surface area contributed by atoms with Crippen molar-refractivity contribution in [2.45, 2.75) is 53.5 Å². The van der Waals surface area contributed by atoms with E-state index in [2.05, 4.69) is 11.9 Å². The number of hydrogen-bond donors (Lipinski definition) is 1. The summed E-state index contributed by atoms with van der Waals surface area (Å²) in [5.74, 6) is -0.661. The van der Waals surface area contributed by atoms with E-state index in [1.807, 2.05) is 32.9 Å². The predicted molar refractivity (Wildman–Crippen MR) is 158 cm³/mol. The van der Waals surface area contributed by atoms with Crippen LogP contribution in [0.15, 0.2) is 41.7 Å². The lowest BCUT2D eigenvalue weighted by atomic mass is 9.95. The van der Waals surface area contributed by atoms with E-state index in [4.69, 9.17) is 14.5 Å². The number of aliphatic hydroxyl groups excluding tert-OH is 1. The first kappa shape index (κ1) is 27.8. The van der Waals surface area contributed by atoms with Gasteiger partial charge in [-0.25, -0.2) is 9.97 Å². The fraction of sp³-hybridized carbons (Fsp3) is 0.333. The molecule has 0 spiro atoms. The quantitative estimate of drug-likeness (QED) is 0.170. The first-order chi connectivity index (χ1) is 19.1. The Morgan fingerprint density at radius 2 is 1.85 bits per heavy atom. The van der Waals surface area contributed by atoms with E-state index in [0.717, 1.165) is 39.2 Å². The molecule has 8 nitrogen and oxygen atoms in total. The average molecular weight is 578 g/mol. The van der Waals surface area contributed by atoms with E-state index in [-0.39, 0.29) is 5.57 Å². The third-order valence-electron chi connectivity index (χ3n) is 6.85. The zero-order valence-corrected chi connectivity index (χ0v) is 25.0. The Morgan fingerprint density at radius 3 is 2.52 bits per heavy atom. The Balaban J connectivity index is 1.67. The molecule has 40 heavy (non-hydrogen) atoms. The van der Waals surface area contributed by atoms with Gasteiger partial charge in [-0.05, 0) is 69.0 Å². The van der Waals surface area contributed by atoms with Gasteiger partial charge in [0.25, 0.3) is 5.91 Å². The highest BCUT2D eigenvalue weighted by molar-refractivity contribution is 7.22. The van der Waals surface area contributed by atoms with Crippen molar-refractivity contribution in [3.05, 3.63) is 73.9 Å². The van der Waals surface area contributed by atoms with Gasteiger partial charge in [0, 0.05) is 0 Å². The van der Waals surface area contributed by atoms with Crippen molar-refractivity contribution >= 4 is 49.7 Å². The van der Waals surface area contributed by atoms with Gasteiger partial charge in [0.05, 0.1) is 51.1 Å². The van der Waals surface area contributed by atoms with Crippen LogP contribution in [0.4, 0.5) is 5.13 Å². The second-order valence-electron chi connectivity index (χ2n) is 9.85. The Bertz CT molecular complexity index is 1670. The van der Waals surface area contributed by atoms with Crippen molar-refractivity contribution in [1.82, 2.24) is 9.97 Å². The third-order valence-corrected chi connectivity index (χ3v) is 8.92. The Kier molecular flexibility index (Phi) is 7.65. The summed E-state index contributed by atoms with van der Waals surface area (Å²) in [6, 6.07) is 8.46. The lowest BCUT2D eigenvalue weighted by molar-refractivity contribution is -0.117. The Morgan fingerprint density at radius 1 is 1.07 bits per heavy atom. The maximum atomic E-state index is 14.0. The van der Waals surface area contributed by atoms with E-state index >= 15 is 0 Å². The van der Waals surface area contributed by atoms with Crippen LogP contribution < -0.4 is 14.4 Å². The van der Waals surface area contributed by atoms with E-state index < -0.39 is 23.5 Å². The van der Waals surface area contributed by atoms with E-state index in [9.17, 15) is 14.7 Å². The molecule has 2 aromatic carbocycles. The summed E-state index contributed by atoms with van der Waals surface area (Å²) in [6.07, 6.45) is 1.89. The molecule has 0 aliphatic carbocycles. The van der Waals surface area contributed by atoms with Crippen molar-refractivity contribution in [2.24, 2.45) is 0 Å². The monoisotopic (exact) mass is 577 g/mol. The van der Waals surface area contributed by atoms with E-state index in [1.54, 1.807) is 32.2 Å². The van der Waals surface area contributed by atoms with Crippen LogP contribution in [0.1, 0.15) is 62.9 Å². The highest BCUT2D eigenvalue weighted by atomic mass is 32.1. The smallest absolute Gasteiger partial charge is 0.296 e. The van der Waals surface area contributed by atoms with Gasteiger partial charge in [0.1, 0.15) is 0 Å². The number of hydrogen-bond acceptors (Lipinski definition) is 9. The standard InChI is InChI=1S/C30H31N3O5S2/c1-7-8-11-38-20-10-9-19(14-21(20)37-6)25-23(26(34)28-17(4)31-18(5)39-28)27(35)29(36)33(25)30-32-24-16(3)12-15(2)13-22(24)40-30/h9-10,12-14,25,35H,7-8,11H2,1-6H3. The number of carbonyl (C=O) groups excluding carboxylic acids is 2. The molecular formula is C30H31N3O5S2. The lowest BCUT2D eigenvalue weighted by Gasteiger charge is -2.25. The number of aromatic nitrogens is 2. The molecular weight excluding hydrogens is 546 g/mol. The number of carbonyl (C=O) groups is 2. The van der Waals surface area contributed by atoms with Gasteiger partial charge in [0.2, 0.25) is 5.78 Å². The number of ether oxygens (including phenoxy) is 2. The van der Waals surface area contributed by atoms with Gasteiger partial charge in [-0.2, -0.15) is 0 Å². The molecule has 0 saturated carbocycles. The topological polar surface area (TPSA) is 102 Å². The minimum Gasteiger partial charge on any atom is -0.503 e. The summed E-state index contributed by atoms with van der Waals surface area (Å²) in [5, 5.41) is 12.3. The molecule has 208 valence electrons. The zero-order valence-electron chi connectivity index (χ0n) is 23.3. The molecule has 1 amide bonds. The summed E-state index contributed by atoms with van der Waals surface area (Å²) in [7, 11) is 1.55. The van der Waals surface area contributed by atoms with Crippen LogP contribution in [0, 0.1) is 27.7 Å². The fourth-order valence-electron chi connectivity index (χ4n) is 4.98. The molecule has 4 aromatic rings. The maximum Gasteiger partial charge on any atom is 0.296 e. The second-order valence-corrected chi connectivity index (χ2v) is 12.1. The normalized spacial score (nSPS) is 15.4. The number of benzene rings is 2. The van der Waals surface area contributed by atoms with E-state index in [0.29, 0.717) is 39.4 Å². The van der Waals surface area contributed by atoms with Crippen LogP contribution in [0.25, 0.3) is 10.2 Å². The van der Waals surface area contributed by atoms with Crippen molar-refractivity contribution in [3.63, 3.8) is 0 Å². The lowest BCUT2D eigenvalue weighted by Crippen LogP contribution is -2.31. The zero-order chi connectivity index (χ0) is 28.7. The van der Waals surface area contributed by atoms with Crippen LogP contribution in [-0.4, -0.2) is 40.5 Å². The summed E-state index contributed by atoms with van der Waals surface area (Å²) in [5.41, 5.74) is 3.99. The van der Waals surface area contributed by atoms with E-state index in [1.165, 1.54) is 27.6 Å². The van der Waals surface area contributed by atoms with Crippen LogP contribution in [-0.2, 0) is 4.79 Å². The number of anilines is 1. The molecule has 1 atom stereocenters. The number of amides is 1. The van der Waals surface area contributed by atoms with Crippen molar-refractivity contribution in [3.8, 4) is 11.5 Å². The number of unbranched alkanes of at least 4 members (excludes halogenated alkanes) is 1. The summed E-state index contributed by atoms with van der Waals surface area (Å²) >= 11 is 2.59. The summed E-state index contributed by atoms with van der Waals surface area (Å²) in [4.78, 5) is 38.7. The fourth-order valence-corrected chi connectivity index (χ4v) is 7.02. The van der Waals surface area contributed by atoms with Gasteiger partial charge in [-0.3, -0.25) is 14.5 Å². The van der Waals surface area contributed by atoms with Crippen LogP contribution in [0.2, 0.25) is 0 Å². The largest absolute Gasteiger partial charge is 0.503 e. The molecule has 1 aliphatic heterocycles. The summed E-state index contributed by atoms with van der Waals surface area (Å²) in [6.45, 7) is 10.2. The maximum absolute atomic E-state index is 14.0. The van der Waals surface area contributed by atoms with Gasteiger partial charge < -0.3 is 14.6 Å². The highest BCUT2D eigenvalue weighted by Crippen LogP contribution is 2.46. The molecule has 5 rings (SSSR count). The molecule has 3 heterocycles. The summed E-state index contributed by atoms with van der Waals surface area (Å²) < 4.78 is 12.5.